The molecule has 3 rings (SSSR count). The molecule has 0 aliphatic heterocycles. The van der Waals surface area contributed by atoms with Crippen molar-refractivity contribution >= 4 is 44.6 Å². The smallest absolute Gasteiger partial charge is 0.311 e. The number of alkyl halides is 4. The van der Waals surface area contributed by atoms with Gasteiger partial charge in [0.15, 0.2) is 0 Å². The first-order chi connectivity index (χ1) is 16.7. The lowest BCUT2D eigenvalue weighted by molar-refractivity contribution is -0.142. The summed E-state index contributed by atoms with van der Waals surface area (Å²) in [5.74, 6) is -0.0115. The first kappa shape index (κ1) is 26.6. The number of esters is 1. The van der Waals surface area contributed by atoms with E-state index < -0.39 is 28.7 Å². The molecule has 0 saturated carbocycles. The Labute approximate surface area is 210 Å². The van der Waals surface area contributed by atoms with Crippen LogP contribution in [0.4, 0.5) is 22.7 Å². The van der Waals surface area contributed by atoms with Gasteiger partial charge >= 0.3 is 5.97 Å². The summed E-state index contributed by atoms with van der Waals surface area (Å²) >= 11 is 4.06. The van der Waals surface area contributed by atoms with Crippen molar-refractivity contribution in [2.75, 3.05) is 19.1 Å². The first-order valence-corrected chi connectivity index (χ1v) is 11.8. The largest absolute Gasteiger partial charge is 0.496 e. The SMILES string of the molecule is CCOC(=O)Cc1csc(NN=Cc2ccc(OC)c(Cn3nc(C(F)F)c(Br)c3C(F)F)c2)n1. The maximum Gasteiger partial charge on any atom is 0.311 e. The molecule has 1 N–H and O–H groups in total. The molecule has 0 radical (unpaired) electrons. The number of halogens is 5. The van der Waals surface area contributed by atoms with Crippen molar-refractivity contribution in [1.82, 2.24) is 14.8 Å². The van der Waals surface area contributed by atoms with Crippen molar-refractivity contribution < 1.29 is 31.8 Å². The predicted octanol–water partition coefficient (Wildman–Crippen LogP) is 5.59. The summed E-state index contributed by atoms with van der Waals surface area (Å²) in [6.45, 7) is 1.78. The van der Waals surface area contributed by atoms with E-state index in [2.05, 4.69) is 36.5 Å². The van der Waals surface area contributed by atoms with Crippen LogP contribution in [0.5, 0.6) is 5.75 Å². The average molecular weight is 578 g/mol. The standard InChI is InChI=1S/C21H20BrF4N5O3S/c1-3-34-15(32)7-13-10-35-21(28-13)29-27-8-11-4-5-14(33-2)12(6-11)9-31-18(20(25)26)16(22)17(30-31)19(23)24/h4-6,8,10,19-20H,3,7,9H2,1-2H3,(H,28,29). The maximum absolute atomic E-state index is 13.5. The molecule has 8 nitrogen and oxygen atoms in total. The third kappa shape index (κ3) is 6.78. The normalized spacial score (nSPS) is 11.6. The van der Waals surface area contributed by atoms with Gasteiger partial charge in [0.1, 0.15) is 17.1 Å². The Balaban J connectivity index is 1.76. The highest BCUT2D eigenvalue weighted by Crippen LogP contribution is 2.35. The minimum Gasteiger partial charge on any atom is -0.496 e. The van der Waals surface area contributed by atoms with Gasteiger partial charge in [-0.05, 0) is 46.6 Å². The molecule has 0 saturated heterocycles. The van der Waals surface area contributed by atoms with Crippen LogP contribution in [0, 0.1) is 0 Å². The second-order valence-corrected chi connectivity index (χ2v) is 8.56. The molecule has 1 aromatic carbocycles. The minimum atomic E-state index is -3.02. The fourth-order valence-electron chi connectivity index (χ4n) is 3.07. The molecule has 2 heterocycles. The number of aromatic nitrogens is 3. The molecule has 0 amide bonds. The van der Waals surface area contributed by atoms with Crippen LogP contribution in [-0.2, 0) is 22.5 Å². The summed E-state index contributed by atoms with van der Waals surface area (Å²) < 4.78 is 64.0. The van der Waals surface area contributed by atoms with Crippen molar-refractivity contribution in [2.45, 2.75) is 32.7 Å². The summed E-state index contributed by atoms with van der Waals surface area (Å²) in [5, 5.41) is 9.92. The number of hydrogen-bond donors (Lipinski definition) is 1. The molecule has 0 fully saturated rings. The van der Waals surface area contributed by atoms with E-state index in [-0.39, 0.29) is 25.5 Å². The first-order valence-electron chi connectivity index (χ1n) is 10.1. The topological polar surface area (TPSA) is 90.6 Å². The lowest BCUT2D eigenvalue weighted by Gasteiger charge is -2.12. The van der Waals surface area contributed by atoms with Crippen molar-refractivity contribution in [1.29, 1.82) is 0 Å². The number of rotatable bonds is 11. The fourth-order valence-corrected chi connectivity index (χ4v) is 4.36. The average Bonchev–Trinajstić information content (AvgIpc) is 3.37. The quantitative estimate of drug-likeness (QED) is 0.138. The summed E-state index contributed by atoms with van der Waals surface area (Å²) in [5.41, 5.74) is 2.90. The Morgan fingerprint density at radius 3 is 2.74 bits per heavy atom. The van der Waals surface area contributed by atoms with E-state index in [1.54, 1.807) is 30.5 Å². The number of ether oxygens (including phenoxy) is 2. The molecule has 14 heteroatoms. The molecular formula is C21H20BrF4N5O3S. The zero-order valence-electron chi connectivity index (χ0n) is 18.5. The zero-order valence-corrected chi connectivity index (χ0v) is 20.9. The van der Waals surface area contributed by atoms with Crippen LogP contribution >= 0.6 is 27.3 Å². The number of carbonyl (C=O) groups excluding carboxylic acids is 1. The van der Waals surface area contributed by atoms with Crippen molar-refractivity contribution in [3.63, 3.8) is 0 Å². The molecule has 0 bridgehead atoms. The predicted molar refractivity (Wildman–Crippen MR) is 126 cm³/mol. The van der Waals surface area contributed by atoms with E-state index in [1.807, 2.05) is 0 Å². The van der Waals surface area contributed by atoms with Crippen molar-refractivity contribution in [3.8, 4) is 5.75 Å². The number of carbonyl (C=O) groups is 1. The number of nitrogens with one attached hydrogen (secondary N) is 1. The summed E-state index contributed by atoms with van der Waals surface area (Å²) in [7, 11) is 1.40. The van der Waals surface area contributed by atoms with Crippen LogP contribution < -0.4 is 10.2 Å². The highest BCUT2D eigenvalue weighted by molar-refractivity contribution is 9.10. The molecule has 0 atom stereocenters. The van der Waals surface area contributed by atoms with Crippen LogP contribution in [0.1, 0.15) is 48.0 Å². The Bertz CT molecular complexity index is 1200. The second-order valence-electron chi connectivity index (χ2n) is 6.91. The monoisotopic (exact) mass is 577 g/mol. The van der Waals surface area contributed by atoms with Gasteiger partial charge in [0.05, 0.1) is 43.1 Å². The number of thiazole rings is 1. The third-order valence-corrected chi connectivity index (χ3v) is 6.16. The summed E-state index contributed by atoms with van der Waals surface area (Å²) in [6.07, 6.45) is -4.52. The highest BCUT2D eigenvalue weighted by Gasteiger charge is 2.28. The van der Waals surface area contributed by atoms with Crippen LogP contribution in [0.3, 0.4) is 0 Å². The molecule has 35 heavy (non-hydrogen) atoms. The fraction of sp³-hybridized carbons (Fsp3) is 0.333. The molecule has 2 aromatic heterocycles. The number of anilines is 1. The Morgan fingerprint density at radius 2 is 2.09 bits per heavy atom. The summed E-state index contributed by atoms with van der Waals surface area (Å²) in [4.78, 5) is 15.8. The van der Waals surface area contributed by atoms with E-state index in [9.17, 15) is 22.4 Å². The number of hydrazone groups is 1. The molecule has 0 unspecified atom stereocenters. The molecule has 0 aliphatic rings. The van der Waals surface area contributed by atoms with Gasteiger partial charge < -0.3 is 9.47 Å². The number of nitrogens with zero attached hydrogens (tertiary/aromatic N) is 4. The maximum atomic E-state index is 13.5. The van der Waals surface area contributed by atoms with Gasteiger partial charge in [-0.15, -0.1) is 11.3 Å². The molecule has 0 aliphatic carbocycles. The van der Waals surface area contributed by atoms with Gasteiger partial charge in [0.25, 0.3) is 12.9 Å². The van der Waals surface area contributed by atoms with E-state index >= 15 is 0 Å². The zero-order chi connectivity index (χ0) is 25.5. The van der Waals surface area contributed by atoms with Gasteiger partial charge in [-0.2, -0.15) is 10.2 Å². The third-order valence-electron chi connectivity index (χ3n) is 4.55. The summed E-state index contributed by atoms with van der Waals surface area (Å²) in [6, 6.07) is 4.90. The minimum absolute atomic E-state index is 0.0506. The van der Waals surface area contributed by atoms with Crippen LogP contribution in [-0.4, -0.2) is 40.7 Å². The Hall–Kier alpha value is -3.00. The highest BCUT2D eigenvalue weighted by atomic mass is 79.9. The number of hydrogen-bond acceptors (Lipinski definition) is 8. The van der Waals surface area contributed by atoms with Crippen LogP contribution in [0.25, 0.3) is 0 Å². The van der Waals surface area contributed by atoms with Crippen LogP contribution in [0.2, 0.25) is 0 Å². The van der Waals surface area contributed by atoms with Crippen LogP contribution in [0.15, 0.2) is 33.2 Å². The molecule has 0 spiro atoms. The Morgan fingerprint density at radius 1 is 1.31 bits per heavy atom. The van der Waals surface area contributed by atoms with Gasteiger partial charge in [-0.1, -0.05) is 0 Å². The van der Waals surface area contributed by atoms with Gasteiger partial charge in [0, 0.05) is 10.9 Å². The Kier molecular flexibility index (Phi) is 9.20. The number of benzene rings is 1. The molecular weight excluding hydrogens is 558 g/mol. The van der Waals surface area contributed by atoms with E-state index in [4.69, 9.17) is 9.47 Å². The van der Waals surface area contributed by atoms with Crippen molar-refractivity contribution in [2.24, 2.45) is 5.10 Å². The van der Waals surface area contributed by atoms with Gasteiger partial charge in [-0.25, -0.2) is 22.5 Å². The number of methoxy groups -OCH3 is 1. The van der Waals surface area contributed by atoms with E-state index in [0.717, 1.165) is 4.68 Å². The second kappa shape index (κ2) is 12.1. The molecule has 188 valence electrons. The van der Waals surface area contributed by atoms with E-state index in [0.29, 0.717) is 27.7 Å². The van der Waals surface area contributed by atoms with Gasteiger partial charge in [0.2, 0.25) is 5.13 Å². The van der Waals surface area contributed by atoms with Crippen molar-refractivity contribution in [3.05, 3.63) is 56.3 Å². The lowest BCUT2D eigenvalue weighted by Crippen LogP contribution is -2.09. The van der Waals surface area contributed by atoms with E-state index in [1.165, 1.54) is 24.7 Å². The molecule has 3 aromatic rings. The lowest BCUT2D eigenvalue weighted by atomic mass is 10.1. The van der Waals surface area contributed by atoms with Gasteiger partial charge in [-0.3, -0.25) is 14.9 Å².